The molecule has 24 heavy (non-hydrogen) atoms. The fourth-order valence-corrected chi connectivity index (χ4v) is 3.17. The van der Waals surface area contributed by atoms with Gasteiger partial charge in [0.05, 0.1) is 32.4 Å². The number of ether oxygens (including phenoxy) is 2. The number of aryl methyl sites for hydroxylation is 1. The summed E-state index contributed by atoms with van der Waals surface area (Å²) in [5.74, 6) is 2.14. The van der Waals surface area contributed by atoms with Gasteiger partial charge in [-0.2, -0.15) is 0 Å². The van der Waals surface area contributed by atoms with E-state index in [-0.39, 0.29) is 11.9 Å². The molecule has 6 nitrogen and oxygen atoms in total. The van der Waals surface area contributed by atoms with E-state index >= 15 is 0 Å². The van der Waals surface area contributed by atoms with Crippen LogP contribution in [0.4, 0.5) is 0 Å². The zero-order valence-corrected chi connectivity index (χ0v) is 14.2. The fourth-order valence-electron chi connectivity index (χ4n) is 3.17. The molecule has 128 valence electrons. The predicted octanol–water partition coefficient (Wildman–Crippen LogP) is 2.91. The van der Waals surface area contributed by atoms with E-state index in [1.165, 1.54) is 0 Å². The highest BCUT2D eigenvalue weighted by molar-refractivity contribution is 5.79. The summed E-state index contributed by atoms with van der Waals surface area (Å²) in [7, 11) is 3.18. The minimum absolute atomic E-state index is 0.0150. The topological polar surface area (TPSA) is 64.8 Å². The summed E-state index contributed by atoms with van der Waals surface area (Å²) in [4.78, 5) is 14.6. The van der Waals surface area contributed by atoms with Crippen LogP contribution in [0.5, 0.6) is 11.5 Å². The Labute approximate surface area is 141 Å². The molecule has 1 atom stereocenters. The summed E-state index contributed by atoms with van der Waals surface area (Å²) in [5, 5.41) is 3.94. The molecule has 0 N–H and O–H groups in total. The number of amides is 1. The van der Waals surface area contributed by atoms with Crippen molar-refractivity contribution < 1.29 is 18.8 Å². The summed E-state index contributed by atoms with van der Waals surface area (Å²) < 4.78 is 15.9. The van der Waals surface area contributed by atoms with Crippen LogP contribution in [0.15, 0.2) is 28.8 Å². The van der Waals surface area contributed by atoms with Crippen LogP contribution in [-0.4, -0.2) is 36.7 Å². The predicted molar refractivity (Wildman–Crippen MR) is 88.2 cm³/mol. The lowest BCUT2D eigenvalue weighted by molar-refractivity contribution is -0.131. The van der Waals surface area contributed by atoms with Crippen LogP contribution in [0.2, 0.25) is 0 Å². The van der Waals surface area contributed by atoms with Crippen molar-refractivity contribution in [3.63, 3.8) is 0 Å². The molecule has 6 heteroatoms. The van der Waals surface area contributed by atoms with E-state index in [1.54, 1.807) is 14.2 Å². The third kappa shape index (κ3) is 3.22. The highest BCUT2D eigenvalue weighted by Gasteiger charge is 2.32. The van der Waals surface area contributed by atoms with Crippen LogP contribution >= 0.6 is 0 Å². The maximum Gasteiger partial charge on any atom is 0.227 e. The smallest absolute Gasteiger partial charge is 0.227 e. The summed E-state index contributed by atoms with van der Waals surface area (Å²) >= 11 is 0. The Hall–Kier alpha value is -2.50. The lowest BCUT2D eigenvalue weighted by Crippen LogP contribution is -2.31. The molecule has 0 aliphatic carbocycles. The molecular formula is C18H22N2O4. The molecule has 1 aliphatic heterocycles. The van der Waals surface area contributed by atoms with Gasteiger partial charge in [-0.05, 0) is 37.5 Å². The Morgan fingerprint density at radius 3 is 2.75 bits per heavy atom. The number of hydrogen-bond acceptors (Lipinski definition) is 5. The van der Waals surface area contributed by atoms with Crippen molar-refractivity contribution in [1.82, 2.24) is 10.1 Å². The van der Waals surface area contributed by atoms with Crippen LogP contribution in [-0.2, 0) is 11.2 Å². The monoisotopic (exact) mass is 330 g/mol. The van der Waals surface area contributed by atoms with E-state index < -0.39 is 0 Å². The lowest BCUT2D eigenvalue weighted by Gasteiger charge is -2.23. The van der Waals surface area contributed by atoms with Gasteiger partial charge in [-0.3, -0.25) is 4.79 Å². The van der Waals surface area contributed by atoms with Crippen molar-refractivity contribution in [3.8, 4) is 11.5 Å². The van der Waals surface area contributed by atoms with Crippen molar-refractivity contribution >= 4 is 5.91 Å². The lowest BCUT2D eigenvalue weighted by atomic mass is 10.1. The zero-order valence-electron chi connectivity index (χ0n) is 14.2. The average Bonchev–Trinajstić information content (AvgIpc) is 3.23. The van der Waals surface area contributed by atoms with Gasteiger partial charge >= 0.3 is 0 Å². The van der Waals surface area contributed by atoms with Crippen LogP contribution in [0.3, 0.4) is 0 Å². The number of nitrogens with zero attached hydrogens (tertiary/aromatic N) is 2. The maximum absolute atomic E-state index is 12.8. The fraction of sp³-hybridized carbons (Fsp3) is 0.444. The van der Waals surface area contributed by atoms with Crippen LogP contribution < -0.4 is 9.47 Å². The van der Waals surface area contributed by atoms with Gasteiger partial charge in [0, 0.05) is 12.6 Å². The van der Waals surface area contributed by atoms with Crippen LogP contribution in [0, 0.1) is 6.92 Å². The third-order valence-electron chi connectivity index (χ3n) is 4.35. The van der Waals surface area contributed by atoms with E-state index in [2.05, 4.69) is 5.16 Å². The van der Waals surface area contributed by atoms with Gasteiger partial charge < -0.3 is 18.9 Å². The van der Waals surface area contributed by atoms with Gasteiger partial charge in [-0.25, -0.2) is 0 Å². The van der Waals surface area contributed by atoms with Crippen molar-refractivity contribution in [2.75, 3.05) is 20.8 Å². The molecule has 0 bridgehead atoms. The molecule has 1 aliphatic rings. The SMILES string of the molecule is COc1ccc(CC(=O)N2CCCC2c2cc(C)no2)cc1OC. The summed E-state index contributed by atoms with van der Waals surface area (Å²) in [6, 6.07) is 7.46. The summed E-state index contributed by atoms with van der Waals surface area (Å²) in [6.45, 7) is 2.63. The first-order valence-electron chi connectivity index (χ1n) is 8.06. The van der Waals surface area contributed by atoms with Gasteiger partial charge in [-0.15, -0.1) is 0 Å². The largest absolute Gasteiger partial charge is 0.493 e. The van der Waals surface area contributed by atoms with Crippen molar-refractivity contribution in [1.29, 1.82) is 0 Å². The highest BCUT2D eigenvalue weighted by Crippen LogP contribution is 2.33. The molecule has 3 rings (SSSR count). The number of hydrogen-bond donors (Lipinski definition) is 0. The molecule has 1 amide bonds. The van der Waals surface area contributed by atoms with E-state index in [4.69, 9.17) is 14.0 Å². The Kier molecular flexibility index (Phi) is 4.74. The number of carbonyl (C=O) groups excluding carboxylic acids is 1. The molecule has 0 radical (unpaired) electrons. The van der Waals surface area contributed by atoms with Gasteiger partial charge in [0.25, 0.3) is 0 Å². The molecule has 1 fully saturated rings. The van der Waals surface area contributed by atoms with Crippen molar-refractivity contribution in [2.24, 2.45) is 0 Å². The van der Waals surface area contributed by atoms with E-state index in [0.29, 0.717) is 17.9 Å². The molecule has 0 spiro atoms. The number of methoxy groups -OCH3 is 2. The second-order valence-corrected chi connectivity index (χ2v) is 5.98. The first kappa shape index (κ1) is 16.4. The van der Waals surface area contributed by atoms with Gasteiger partial charge in [-0.1, -0.05) is 11.2 Å². The first-order valence-corrected chi connectivity index (χ1v) is 8.06. The third-order valence-corrected chi connectivity index (χ3v) is 4.35. The van der Waals surface area contributed by atoms with Crippen molar-refractivity contribution in [2.45, 2.75) is 32.2 Å². The molecule has 2 heterocycles. The van der Waals surface area contributed by atoms with E-state index in [9.17, 15) is 4.79 Å². The number of benzene rings is 1. The molecular weight excluding hydrogens is 308 g/mol. The molecule has 1 unspecified atom stereocenters. The Morgan fingerprint density at radius 2 is 2.08 bits per heavy atom. The van der Waals surface area contributed by atoms with Crippen LogP contribution in [0.1, 0.15) is 35.9 Å². The van der Waals surface area contributed by atoms with E-state index in [1.807, 2.05) is 36.1 Å². The molecule has 2 aromatic rings. The standard InChI is InChI=1S/C18H22N2O4/c1-12-9-16(24-19-12)14-5-4-8-20(14)18(21)11-13-6-7-15(22-2)17(10-13)23-3/h6-7,9-10,14H,4-5,8,11H2,1-3H3. The molecule has 0 saturated carbocycles. The minimum atomic E-state index is -0.0150. The van der Waals surface area contributed by atoms with Crippen LogP contribution in [0.25, 0.3) is 0 Å². The number of rotatable bonds is 5. The molecule has 1 aromatic heterocycles. The zero-order chi connectivity index (χ0) is 17.1. The average molecular weight is 330 g/mol. The quantitative estimate of drug-likeness (QED) is 0.843. The number of carbonyl (C=O) groups is 1. The normalized spacial score (nSPS) is 17.1. The second-order valence-electron chi connectivity index (χ2n) is 5.98. The van der Waals surface area contributed by atoms with Gasteiger partial charge in [0.1, 0.15) is 0 Å². The number of likely N-dealkylation sites (tertiary alicyclic amines) is 1. The maximum atomic E-state index is 12.8. The minimum Gasteiger partial charge on any atom is -0.493 e. The number of aromatic nitrogens is 1. The molecule has 1 saturated heterocycles. The summed E-state index contributed by atoms with van der Waals surface area (Å²) in [6.07, 6.45) is 2.21. The highest BCUT2D eigenvalue weighted by atomic mass is 16.5. The Bertz CT molecular complexity index is 726. The Morgan fingerprint density at radius 1 is 1.29 bits per heavy atom. The summed E-state index contributed by atoms with van der Waals surface area (Å²) in [5.41, 5.74) is 1.74. The van der Waals surface area contributed by atoms with Gasteiger partial charge in [0.15, 0.2) is 17.3 Å². The second kappa shape index (κ2) is 6.95. The Balaban J connectivity index is 1.74. The van der Waals surface area contributed by atoms with Gasteiger partial charge in [0.2, 0.25) is 5.91 Å². The molecule has 1 aromatic carbocycles. The first-order chi connectivity index (χ1) is 11.6. The van der Waals surface area contributed by atoms with E-state index in [0.717, 1.165) is 36.4 Å². The van der Waals surface area contributed by atoms with Crippen molar-refractivity contribution in [3.05, 3.63) is 41.3 Å².